The van der Waals surface area contributed by atoms with E-state index in [4.69, 9.17) is 20.1 Å². The van der Waals surface area contributed by atoms with Crippen LogP contribution >= 0.6 is 0 Å². The van der Waals surface area contributed by atoms with Crippen molar-refractivity contribution in [3.8, 4) is 5.75 Å². The molecule has 112 valence electrons. The van der Waals surface area contributed by atoms with Crippen molar-refractivity contribution >= 4 is 0 Å². The number of methoxy groups -OCH3 is 1. The third-order valence-corrected chi connectivity index (χ3v) is 3.84. The van der Waals surface area contributed by atoms with Gasteiger partial charge >= 0.3 is 0 Å². The van der Waals surface area contributed by atoms with E-state index in [2.05, 4.69) is 18.4 Å². The van der Waals surface area contributed by atoms with Crippen molar-refractivity contribution < 1.29 is 14.2 Å². The zero-order valence-corrected chi connectivity index (χ0v) is 12.2. The summed E-state index contributed by atoms with van der Waals surface area (Å²) in [5.74, 6) is 6.99. The van der Waals surface area contributed by atoms with Gasteiger partial charge in [0.1, 0.15) is 12.4 Å². The third-order valence-electron chi connectivity index (χ3n) is 3.84. The minimum Gasteiger partial charge on any atom is -0.491 e. The largest absolute Gasteiger partial charge is 0.491 e. The van der Waals surface area contributed by atoms with Gasteiger partial charge in [-0.3, -0.25) is 11.3 Å². The highest BCUT2D eigenvalue weighted by molar-refractivity contribution is 5.36. The first-order valence-corrected chi connectivity index (χ1v) is 7.06. The summed E-state index contributed by atoms with van der Waals surface area (Å²) in [6.45, 7) is 3.98. The summed E-state index contributed by atoms with van der Waals surface area (Å²) in [5, 5.41) is 0. The Kier molecular flexibility index (Phi) is 5.79. The van der Waals surface area contributed by atoms with Crippen molar-refractivity contribution in [1.82, 2.24) is 5.43 Å². The second-order valence-corrected chi connectivity index (χ2v) is 5.05. The van der Waals surface area contributed by atoms with Crippen molar-refractivity contribution in [3.63, 3.8) is 0 Å². The topological polar surface area (TPSA) is 65.7 Å². The number of rotatable bonds is 7. The molecule has 1 aliphatic heterocycles. The minimum atomic E-state index is 0.0336. The van der Waals surface area contributed by atoms with E-state index >= 15 is 0 Å². The second-order valence-electron chi connectivity index (χ2n) is 5.05. The highest BCUT2D eigenvalue weighted by Crippen LogP contribution is 2.36. The number of nitrogens with two attached hydrogens (primary N) is 1. The van der Waals surface area contributed by atoms with Gasteiger partial charge in [-0.2, -0.15) is 0 Å². The van der Waals surface area contributed by atoms with Crippen molar-refractivity contribution in [2.45, 2.75) is 25.5 Å². The van der Waals surface area contributed by atoms with Gasteiger partial charge in [-0.15, -0.1) is 0 Å². The molecule has 0 aliphatic carbocycles. The maximum Gasteiger partial charge on any atom is 0.124 e. The van der Waals surface area contributed by atoms with Gasteiger partial charge in [0, 0.05) is 25.2 Å². The van der Waals surface area contributed by atoms with Crippen LogP contribution in [0.25, 0.3) is 0 Å². The Morgan fingerprint density at radius 3 is 2.85 bits per heavy atom. The molecule has 1 aliphatic rings. The van der Waals surface area contributed by atoms with E-state index in [0.717, 1.165) is 24.3 Å². The number of nitrogens with one attached hydrogen (secondary N) is 1. The molecule has 0 saturated carbocycles. The third kappa shape index (κ3) is 3.49. The standard InChI is InChI=1S/C15H24N2O3/c1-11-12(7-8-19-11)15(17-16)13-5-3-4-6-14(13)20-10-9-18-2/h3-6,11-12,15,17H,7-10,16H2,1-2H3. The molecule has 3 atom stereocenters. The highest BCUT2D eigenvalue weighted by Gasteiger charge is 2.33. The van der Waals surface area contributed by atoms with Crippen LogP contribution in [0.2, 0.25) is 0 Å². The molecular weight excluding hydrogens is 256 g/mol. The van der Waals surface area contributed by atoms with Crippen LogP contribution in [0.1, 0.15) is 24.9 Å². The Balaban J connectivity index is 2.16. The number of ether oxygens (including phenoxy) is 3. The van der Waals surface area contributed by atoms with Gasteiger partial charge < -0.3 is 14.2 Å². The van der Waals surface area contributed by atoms with Crippen LogP contribution in [0.4, 0.5) is 0 Å². The molecule has 1 aromatic carbocycles. The molecule has 1 saturated heterocycles. The first-order chi connectivity index (χ1) is 9.77. The van der Waals surface area contributed by atoms with Gasteiger partial charge in [0.05, 0.1) is 18.8 Å². The molecule has 3 N–H and O–H groups in total. The molecule has 3 unspecified atom stereocenters. The molecular formula is C15H24N2O3. The fourth-order valence-corrected chi connectivity index (χ4v) is 2.73. The average molecular weight is 280 g/mol. The lowest BCUT2D eigenvalue weighted by Crippen LogP contribution is -2.36. The summed E-state index contributed by atoms with van der Waals surface area (Å²) in [7, 11) is 1.66. The van der Waals surface area contributed by atoms with E-state index in [1.54, 1.807) is 7.11 Å². The van der Waals surface area contributed by atoms with Crippen molar-refractivity contribution in [3.05, 3.63) is 29.8 Å². The van der Waals surface area contributed by atoms with E-state index < -0.39 is 0 Å². The molecule has 1 heterocycles. The smallest absolute Gasteiger partial charge is 0.124 e. The molecule has 20 heavy (non-hydrogen) atoms. The summed E-state index contributed by atoms with van der Waals surface area (Å²) >= 11 is 0. The number of hydrogen-bond acceptors (Lipinski definition) is 5. The second kappa shape index (κ2) is 7.59. The Hall–Kier alpha value is -1.14. The molecule has 1 fully saturated rings. The molecule has 0 bridgehead atoms. The quantitative estimate of drug-likeness (QED) is 0.451. The van der Waals surface area contributed by atoms with Crippen LogP contribution < -0.4 is 16.0 Å². The van der Waals surface area contributed by atoms with Crippen LogP contribution in [0.15, 0.2) is 24.3 Å². The molecule has 5 heteroatoms. The number of para-hydroxylation sites is 1. The number of benzene rings is 1. The Morgan fingerprint density at radius 2 is 2.20 bits per heavy atom. The van der Waals surface area contributed by atoms with Gasteiger partial charge in [-0.25, -0.2) is 0 Å². The van der Waals surface area contributed by atoms with Crippen LogP contribution in [0.3, 0.4) is 0 Å². The lowest BCUT2D eigenvalue weighted by molar-refractivity contribution is 0.0946. The van der Waals surface area contributed by atoms with Gasteiger partial charge in [0.2, 0.25) is 0 Å². The van der Waals surface area contributed by atoms with Gasteiger partial charge in [0.25, 0.3) is 0 Å². The zero-order chi connectivity index (χ0) is 14.4. The van der Waals surface area contributed by atoms with Crippen LogP contribution in [0.5, 0.6) is 5.75 Å². The van der Waals surface area contributed by atoms with E-state index in [9.17, 15) is 0 Å². The van der Waals surface area contributed by atoms with Crippen molar-refractivity contribution in [2.75, 3.05) is 26.9 Å². The molecule has 5 nitrogen and oxygen atoms in total. The SMILES string of the molecule is COCCOc1ccccc1C(NN)C1CCOC1C. The fraction of sp³-hybridized carbons (Fsp3) is 0.600. The fourth-order valence-electron chi connectivity index (χ4n) is 2.73. The summed E-state index contributed by atoms with van der Waals surface area (Å²) in [5.41, 5.74) is 4.01. The summed E-state index contributed by atoms with van der Waals surface area (Å²) in [4.78, 5) is 0. The van der Waals surface area contributed by atoms with E-state index in [1.807, 2.05) is 18.2 Å². The molecule has 0 spiro atoms. The molecule has 1 aromatic rings. The monoisotopic (exact) mass is 280 g/mol. The maximum absolute atomic E-state index is 5.79. The Bertz CT molecular complexity index is 414. The van der Waals surface area contributed by atoms with E-state index in [-0.39, 0.29) is 12.1 Å². The molecule has 0 amide bonds. The summed E-state index contributed by atoms with van der Waals surface area (Å²) in [6.07, 6.45) is 1.20. The molecule has 2 rings (SSSR count). The lowest BCUT2D eigenvalue weighted by atomic mass is 9.88. The maximum atomic E-state index is 5.79. The lowest BCUT2D eigenvalue weighted by Gasteiger charge is -2.27. The average Bonchev–Trinajstić information content (AvgIpc) is 2.88. The van der Waals surface area contributed by atoms with Gasteiger partial charge in [-0.05, 0) is 19.4 Å². The highest BCUT2D eigenvalue weighted by atomic mass is 16.5. The molecule has 0 radical (unpaired) electrons. The first-order valence-electron chi connectivity index (χ1n) is 7.06. The van der Waals surface area contributed by atoms with Crippen LogP contribution in [0, 0.1) is 5.92 Å². The van der Waals surface area contributed by atoms with Gasteiger partial charge in [0.15, 0.2) is 0 Å². The normalized spacial score (nSPS) is 23.8. The van der Waals surface area contributed by atoms with E-state index in [0.29, 0.717) is 19.1 Å². The predicted octanol–water partition coefficient (Wildman–Crippen LogP) is 1.64. The molecule has 0 aromatic heterocycles. The van der Waals surface area contributed by atoms with Crippen molar-refractivity contribution in [2.24, 2.45) is 11.8 Å². The van der Waals surface area contributed by atoms with Gasteiger partial charge in [-0.1, -0.05) is 18.2 Å². The Labute approximate surface area is 120 Å². The minimum absolute atomic E-state index is 0.0336. The number of hydrogen-bond donors (Lipinski definition) is 2. The first kappa shape index (κ1) is 15.3. The van der Waals surface area contributed by atoms with E-state index in [1.165, 1.54) is 0 Å². The Morgan fingerprint density at radius 1 is 1.40 bits per heavy atom. The van der Waals surface area contributed by atoms with Crippen LogP contribution in [-0.4, -0.2) is 33.0 Å². The summed E-state index contributed by atoms with van der Waals surface area (Å²) in [6, 6.07) is 8.02. The summed E-state index contributed by atoms with van der Waals surface area (Å²) < 4.78 is 16.5. The zero-order valence-electron chi connectivity index (χ0n) is 12.2. The van der Waals surface area contributed by atoms with Crippen LogP contribution in [-0.2, 0) is 9.47 Å². The van der Waals surface area contributed by atoms with Crippen molar-refractivity contribution in [1.29, 1.82) is 0 Å². The predicted molar refractivity (Wildman–Crippen MR) is 77.4 cm³/mol. The number of hydrazine groups is 1.